The summed E-state index contributed by atoms with van der Waals surface area (Å²) in [6.07, 6.45) is 0. The fourth-order valence-electron chi connectivity index (χ4n) is 1.88. The molecule has 1 heterocycles. The molecular formula is C12H13FN2O. The lowest BCUT2D eigenvalue weighted by atomic mass is 10.1. The minimum atomic E-state index is -0.375. The highest BCUT2D eigenvalue weighted by Crippen LogP contribution is 2.21. The molecule has 1 aromatic carbocycles. The molecule has 0 amide bonds. The lowest BCUT2D eigenvalue weighted by Crippen LogP contribution is -2.38. The van der Waals surface area contributed by atoms with Gasteiger partial charge in [0.15, 0.2) is 0 Å². The van der Waals surface area contributed by atoms with Crippen LogP contribution in [0.15, 0.2) is 24.3 Å². The van der Waals surface area contributed by atoms with E-state index in [0.717, 1.165) is 13.1 Å². The molecule has 3 nitrogen and oxygen atoms in total. The van der Waals surface area contributed by atoms with Crippen LogP contribution in [0, 0.1) is 17.1 Å². The summed E-state index contributed by atoms with van der Waals surface area (Å²) in [5.41, 5.74) is 0.712. The third kappa shape index (κ3) is 2.38. The molecule has 1 aliphatic rings. The van der Waals surface area contributed by atoms with E-state index in [9.17, 15) is 4.39 Å². The monoisotopic (exact) mass is 220 g/mol. The molecule has 0 N–H and O–H groups in total. The number of hydrogen-bond acceptors (Lipinski definition) is 3. The predicted molar refractivity (Wildman–Crippen MR) is 57.1 cm³/mol. The molecule has 84 valence electrons. The van der Waals surface area contributed by atoms with Gasteiger partial charge in [0.05, 0.1) is 19.3 Å². The van der Waals surface area contributed by atoms with E-state index in [1.807, 2.05) is 4.90 Å². The van der Waals surface area contributed by atoms with Gasteiger partial charge in [-0.05, 0) is 17.7 Å². The van der Waals surface area contributed by atoms with Crippen molar-refractivity contribution in [2.75, 3.05) is 26.3 Å². The lowest BCUT2D eigenvalue weighted by Gasteiger charge is -2.30. The van der Waals surface area contributed by atoms with E-state index in [2.05, 4.69) is 6.07 Å². The van der Waals surface area contributed by atoms with Gasteiger partial charge in [0, 0.05) is 13.1 Å². The number of benzene rings is 1. The summed E-state index contributed by atoms with van der Waals surface area (Å²) in [6.45, 7) is 2.70. The molecule has 0 unspecified atom stereocenters. The molecule has 0 bridgehead atoms. The zero-order valence-corrected chi connectivity index (χ0v) is 8.90. The third-order valence-corrected chi connectivity index (χ3v) is 2.70. The smallest absolute Gasteiger partial charge is 0.124 e. The molecule has 0 saturated carbocycles. The van der Waals surface area contributed by atoms with Crippen molar-refractivity contribution in [3.63, 3.8) is 0 Å². The third-order valence-electron chi connectivity index (χ3n) is 2.70. The Balaban J connectivity index is 2.18. The Morgan fingerprint density at radius 2 is 2.12 bits per heavy atom. The fourth-order valence-corrected chi connectivity index (χ4v) is 1.88. The molecule has 0 aromatic heterocycles. The van der Waals surface area contributed by atoms with Crippen molar-refractivity contribution < 1.29 is 9.13 Å². The number of nitrogens with zero attached hydrogens (tertiary/aromatic N) is 2. The minimum absolute atomic E-state index is 0.300. The van der Waals surface area contributed by atoms with Crippen molar-refractivity contribution in [1.82, 2.24) is 4.90 Å². The molecule has 1 aliphatic heterocycles. The summed E-state index contributed by atoms with van der Waals surface area (Å²) in [7, 11) is 0. The zero-order valence-electron chi connectivity index (χ0n) is 8.90. The van der Waals surface area contributed by atoms with E-state index >= 15 is 0 Å². The maximum Gasteiger partial charge on any atom is 0.124 e. The number of hydrogen-bond donors (Lipinski definition) is 0. The van der Waals surface area contributed by atoms with Gasteiger partial charge in [0.25, 0.3) is 0 Å². The second-order valence-corrected chi connectivity index (χ2v) is 3.73. The van der Waals surface area contributed by atoms with Crippen LogP contribution in [0.4, 0.5) is 4.39 Å². The Hall–Kier alpha value is -1.44. The van der Waals surface area contributed by atoms with Crippen LogP contribution >= 0.6 is 0 Å². The van der Waals surface area contributed by atoms with E-state index in [0.29, 0.717) is 18.8 Å². The van der Waals surface area contributed by atoms with Crippen molar-refractivity contribution in [1.29, 1.82) is 5.26 Å². The van der Waals surface area contributed by atoms with Crippen molar-refractivity contribution in [2.45, 2.75) is 6.04 Å². The van der Waals surface area contributed by atoms with Crippen LogP contribution < -0.4 is 0 Å². The van der Waals surface area contributed by atoms with E-state index in [1.165, 1.54) is 12.1 Å². The summed E-state index contributed by atoms with van der Waals surface area (Å²) in [5.74, 6) is -0.300. The molecular weight excluding hydrogens is 207 g/mol. The first-order valence-corrected chi connectivity index (χ1v) is 5.28. The van der Waals surface area contributed by atoms with Gasteiger partial charge in [-0.3, -0.25) is 4.90 Å². The number of ether oxygens (including phenoxy) is 1. The molecule has 0 radical (unpaired) electrons. The molecule has 1 fully saturated rings. The maximum atomic E-state index is 13.1. The fraction of sp³-hybridized carbons (Fsp3) is 0.417. The van der Waals surface area contributed by atoms with E-state index in [4.69, 9.17) is 10.00 Å². The van der Waals surface area contributed by atoms with Crippen LogP contribution in [0.1, 0.15) is 11.6 Å². The predicted octanol–water partition coefficient (Wildman–Crippen LogP) is 1.72. The normalized spacial score (nSPS) is 19.0. The summed E-state index contributed by atoms with van der Waals surface area (Å²) in [5, 5.41) is 9.17. The first kappa shape index (κ1) is 11.1. The van der Waals surface area contributed by atoms with Crippen molar-refractivity contribution in [3.8, 4) is 6.07 Å². The zero-order chi connectivity index (χ0) is 11.4. The average molecular weight is 220 g/mol. The molecule has 16 heavy (non-hydrogen) atoms. The van der Waals surface area contributed by atoms with Crippen LogP contribution in [0.2, 0.25) is 0 Å². The van der Waals surface area contributed by atoms with Gasteiger partial charge in [0.2, 0.25) is 0 Å². The highest BCUT2D eigenvalue weighted by Gasteiger charge is 2.22. The van der Waals surface area contributed by atoms with Crippen LogP contribution in [0.3, 0.4) is 0 Å². The molecule has 4 heteroatoms. The average Bonchev–Trinajstić information content (AvgIpc) is 2.31. The van der Waals surface area contributed by atoms with Crippen LogP contribution in [-0.4, -0.2) is 31.2 Å². The number of halogens is 1. The Bertz CT molecular complexity index is 396. The number of morpholine rings is 1. The van der Waals surface area contributed by atoms with Crippen molar-refractivity contribution in [3.05, 3.63) is 35.6 Å². The van der Waals surface area contributed by atoms with Crippen LogP contribution in [0.5, 0.6) is 0 Å². The number of rotatable bonds is 2. The van der Waals surface area contributed by atoms with Gasteiger partial charge >= 0.3 is 0 Å². The molecule has 0 aliphatic carbocycles. The van der Waals surface area contributed by atoms with E-state index in [-0.39, 0.29) is 11.9 Å². The Morgan fingerprint density at radius 1 is 1.38 bits per heavy atom. The standard InChI is InChI=1S/C12H13FN2O/c13-11-3-1-2-10(8-11)12(9-14)15-4-6-16-7-5-15/h1-3,8,12H,4-7H2/t12-/m1/s1. The van der Waals surface area contributed by atoms with Gasteiger partial charge < -0.3 is 4.74 Å². The topological polar surface area (TPSA) is 36.3 Å². The van der Waals surface area contributed by atoms with Gasteiger partial charge in [-0.25, -0.2) is 4.39 Å². The Kier molecular flexibility index (Phi) is 3.50. The summed E-state index contributed by atoms with van der Waals surface area (Å²) < 4.78 is 18.3. The van der Waals surface area contributed by atoms with Gasteiger partial charge in [-0.15, -0.1) is 0 Å². The molecule has 1 atom stereocenters. The first-order valence-electron chi connectivity index (χ1n) is 5.28. The molecule has 1 saturated heterocycles. The quantitative estimate of drug-likeness (QED) is 0.761. The van der Waals surface area contributed by atoms with Gasteiger partial charge in [0.1, 0.15) is 11.9 Å². The van der Waals surface area contributed by atoms with Gasteiger partial charge in [-0.1, -0.05) is 12.1 Å². The summed E-state index contributed by atoms with van der Waals surface area (Å²) >= 11 is 0. The summed E-state index contributed by atoms with van der Waals surface area (Å²) in [4.78, 5) is 2.01. The first-order chi connectivity index (χ1) is 7.81. The van der Waals surface area contributed by atoms with Crippen LogP contribution in [-0.2, 0) is 4.74 Å². The second-order valence-electron chi connectivity index (χ2n) is 3.73. The Morgan fingerprint density at radius 3 is 2.75 bits per heavy atom. The highest BCUT2D eigenvalue weighted by molar-refractivity contribution is 5.25. The molecule has 1 aromatic rings. The summed E-state index contributed by atoms with van der Waals surface area (Å²) in [6, 6.07) is 8.07. The molecule has 2 rings (SSSR count). The maximum absolute atomic E-state index is 13.1. The van der Waals surface area contributed by atoms with Crippen LogP contribution in [0.25, 0.3) is 0 Å². The largest absolute Gasteiger partial charge is 0.379 e. The minimum Gasteiger partial charge on any atom is -0.379 e. The lowest BCUT2D eigenvalue weighted by molar-refractivity contribution is 0.0266. The van der Waals surface area contributed by atoms with Crippen molar-refractivity contribution >= 4 is 0 Å². The second kappa shape index (κ2) is 5.06. The highest BCUT2D eigenvalue weighted by atomic mass is 19.1. The van der Waals surface area contributed by atoms with Crippen molar-refractivity contribution in [2.24, 2.45) is 0 Å². The van der Waals surface area contributed by atoms with E-state index < -0.39 is 0 Å². The van der Waals surface area contributed by atoms with Gasteiger partial charge in [-0.2, -0.15) is 5.26 Å². The molecule has 0 spiro atoms. The Labute approximate surface area is 94.0 Å². The SMILES string of the molecule is N#C[C@H](c1cccc(F)c1)N1CCOCC1. The number of nitriles is 1. The van der Waals surface area contributed by atoms with E-state index in [1.54, 1.807) is 12.1 Å².